The van der Waals surface area contributed by atoms with Crippen molar-refractivity contribution < 1.29 is 14.5 Å². The number of hydrogen-bond acceptors (Lipinski definition) is 4. The maximum atomic E-state index is 10.5. The molecule has 1 heterocycles. The van der Waals surface area contributed by atoms with Gasteiger partial charge in [0.05, 0.1) is 4.92 Å². The van der Waals surface area contributed by atoms with E-state index in [2.05, 4.69) is 0 Å². The van der Waals surface area contributed by atoms with Crippen LogP contribution in [0.5, 0.6) is 5.75 Å². The van der Waals surface area contributed by atoms with Gasteiger partial charge in [-0.1, -0.05) is 0 Å². The lowest BCUT2D eigenvalue weighted by Gasteiger charge is -2.14. The molecule has 0 aliphatic carbocycles. The molecule has 0 saturated carbocycles. The van der Waals surface area contributed by atoms with E-state index < -0.39 is 4.92 Å². The van der Waals surface area contributed by atoms with E-state index in [1.54, 1.807) is 6.08 Å². The van der Waals surface area contributed by atoms with Crippen molar-refractivity contribution in [3.63, 3.8) is 0 Å². The topological polar surface area (TPSA) is 69.4 Å². The molecule has 0 bridgehead atoms. The first kappa shape index (κ1) is 9.39. The fraction of sp³-hybridized carbons (Fsp3) is 0.100. The van der Waals surface area contributed by atoms with Gasteiger partial charge in [0, 0.05) is 23.3 Å². The fourth-order valence-corrected chi connectivity index (χ4v) is 1.36. The second-order valence-corrected chi connectivity index (χ2v) is 3.11. The molecular formula is C10H7NO4. The summed E-state index contributed by atoms with van der Waals surface area (Å²) in [5, 5.41) is 10.5. The largest absolute Gasteiger partial charge is 0.488 e. The Labute approximate surface area is 85.1 Å². The van der Waals surface area contributed by atoms with E-state index in [9.17, 15) is 14.9 Å². The molecule has 15 heavy (non-hydrogen) atoms. The highest BCUT2D eigenvalue weighted by Gasteiger charge is 2.14. The first-order valence-corrected chi connectivity index (χ1v) is 4.27. The molecule has 0 fully saturated rings. The predicted molar refractivity (Wildman–Crippen MR) is 52.6 cm³/mol. The average Bonchev–Trinajstić information content (AvgIpc) is 2.27. The molecule has 1 aliphatic rings. The highest BCUT2D eigenvalue weighted by Crippen LogP contribution is 2.29. The van der Waals surface area contributed by atoms with Crippen molar-refractivity contribution in [3.05, 3.63) is 39.4 Å². The van der Waals surface area contributed by atoms with Crippen molar-refractivity contribution in [3.8, 4) is 5.75 Å². The number of ether oxygens (including phenoxy) is 1. The number of nitro groups is 1. The highest BCUT2D eigenvalue weighted by molar-refractivity contribution is 5.84. The molecule has 0 amide bonds. The third kappa shape index (κ3) is 1.71. The predicted octanol–water partition coefficient (Wildman–Crippen LogP) is 1.57. The van der Waals surface area contributed by atoms with E-state index in [-0.39, 0.29) is 12.3 Å². The molecule has 0 aromatic heterocycles. The Morgan fingerprint density at radius 2 is 2.27 bits per heavy atom. The van der Waals surface area contributed by atoms with Crippen LogP contribution in [0.4, 0.5) is 5.69 Å². The SMILES string of the molecule is O=CC1=Cc2cc([N+](=O)[O-])ccc2OC1. The zero-order chi connectivity index (χ0) is 10.8. The molecule has 0 radical (unpaired) electrons. The number of hydrogen-bond donors (Lipinski definition) is 0. The van der Waals surface area contributed by atoms with Gasteiger partial charge in [0.25, 0.3) is 5.69 Å². The number of carbonyl (C=O) groups excluding carboxylic acids is 1. The van der Waals surface area contributed by atoms with Gasteiger partial charge in [-0.15, -0.1) is 0 Å². The van der Waals surface area contributed by atoms with Crippen LogP contribution >= 0.6 is 0 Å². The Bertz CT molecular complexity index is 464. The maximum absolute atomic E-state index is 10.5. The highest BCUT2D eigenvalue weighted by atomic mass is 16.6. The van der Waals surface area contributed by atoms with E-state index in [1.165, 1.54) is 18.2 Å². The lowest BCUT2D eigenvalue weighted by atomic mass is 10.1. The molecule has 0 N–H and O–H groups in total. The summed E-state index contributed by atoms with van der Waals surface area (Å²) in [6.45, 7) is 0.217. The number of fused-ring (bicyclic) bond motifs is 1. The number of nitro benzene ring substituents is 1. The van der Waals surface area contributed by atoms with Crippen molar-refractivity contribution >= 4 is 18.0 Å². The standard InChI is InChI=1S/C10H7NO4/c12-5-7-3-8-4-9(11(13)14)1-2-10(8)15-6-7/h1-5H,6H2. The van der Waals surface area contributed by atoms with Crippen molar-refractivity contribution in [2.75, 3.05) is 6.61 Å². The van der Waals surface area contributed by atoms with E-state index in [1.807, 2.05) is 0 Å². The van der Waals surface area contributed by atoms with Crippen LogP contribution in [-0.2, 0) is 4.79 Å². The number of nitrogens with zero attached hydrogens (tertiary/aromatic N) is 1. The van der Waals surface area contributed by atoms with Gasteiger partial charge in [-0.3, -0.25) is 14.9 Å². The van der Waals surface area contributed by atoms with Crippen LogP contribution in [-0.4, -0.2) is 17.8 Å². The van der Waals surface area contributed by atoms with Gasteiger partial charge in [0.2, 0.25) is 0 Å². The Hall–Kier alpha value is -2.17. The van der Waals surface area contributed by atoms with Crippen LogP contribution in [0.2, 0.25) is 0 Å². The van der Waals surface area contributed by atoms with E-state index >= 15 is 0 Å². The van der Waals surface area contributed by atoms with Crippen LogP contribution in [0, 0.1) is 10.1 Å². The van der Waals surface area contributed by atoms with E-state index in [4.69, 9.17) is 4.74 Å². The van der Waals surface area contributed by atoms with Crippen LogP contribution < -0.4 is 4.74 Å². The fourth-order valence-electron chi connectivity index (χ4n) is 1.36. The Kier molecular flexibility index (Phi) is 2.21. The molecule has 1 aromatic rings. The quantitative estimate of drug-likeness (QED) is 0.417. The zero-order valence-corrected chi connectivity index (χ0v) is 7.67. The molecule has 0 spiro atoms. The second-order valence-electron chi connectivity index (χ2n) is 3.11. The lowest BCUT2D eigenvalue weighted by molar-refractivity contribution is -0.384. The molecule has 1 aliphatic heterocycles. The molecule has 5 heteroatoms. The summed E-state index contributed by atoms with van der Waals surface area (Å²) in [5.41, 5.74) is 1.03. The number of rotatable bonds is 2. The molecular weight excluding hydrogens is 198 g/mol. The first-order chi connectivity index (χ1) is 7.20. The molecule has 2 rings (SSSR count). The summed E-state index contributed by atoms with van der Waals surface area (Å²) in [6.07, 6.45) is 2.28. The first-order valence-electron chi connectivity index (χ1n) is 4.27. The van der Waals surface area contributed by atoms with E-state index in [0.717, 1.165) is 0 Å². The molecule has 76 valence electrons. The van der Waals surface area contributed by atoms with Crippen molar-refractivity contribution in [2.24, 2.45) is 0 Å². The van der Waals surface area contributed by atoms with Crippen LogP contribution in [0.1, 0.15) is 5.56 Å². The molecule has 0 unspecified atom stereocenters. The van der Waals surface area contributed by atoms with Crippen LogP contribution in [0.3, 0.4) is 0 Å². The lowest BCUT2D eigenvalue weighted by Crippen LogP contribution is -2.08. The maximum Gasteiger partial charge on any atom is 0.270 e. The minimum atomic E-state index is -0.483. The summed E-state index contributed by atoms with van der Waals surface area (Å²) >= 11 is 0. The van der Waals surface area contributed by atoms with E-state index in [0.29, 0.717) is 23.2 Å². The van der Waals surface area contributed by atoms with Gasteiger partial charge < -0.3 is 4.74 Å². The summed E-state index contributed by atoms with van der Waals surface area (Å²) in [5.74, 6) is 0.561. The van der Waals surface area contributed by atoms with Gasteiger partial charge >= 0.3 is 0 Å². The van der Waals surface area contributed by atoms with Crippen LogP contribution in [0.25, 0.3) is 6.08 Å². The Morgan fingerprint density at radius 3 is 2.93 bits per heavy atom. The summed E-state index contributed by atoms with van der Waals surface area (Å²) < 4.78 is 5.24. The van der Waals surface area contributed by atoms with Gasteiger partial charge in [0.1, 0.15) is 18.6 Å². The van der Waals surface area contributed by atoms with Gasteiger partial charge in [-0.2, -0.15) is 0 Å². The van der Waals surface area contributed by atoms with Crippen molar-refractivity contribution in [1.29, 1.82) is 0 Å². The van der Waals surface area contributed by atoms with Gasteiger partial charge in [0.15, 0.2) is 0 Å². The normalized spacial score (nSPS) is 13.5. The third-order valence-electron chi connectivity index (χ3n) is 2.09. The molecule has 5 nitrogen and oxygen atoms in total. The smallest absolute Gasteiger partial charge is 0.270 e. The third-order valence-corrected chi connectivity index (χ3v) is 2.09. The van der Waals surface area contributed by atoms with Gasteiger partial charge in [-0.05, 0) is 12.1 Å². The zero-order valence-electron chi connectivity index (χ0n) is 7.67. The average molecular weight is 205 g/mol. The van der Waals surface area contributed by atoms with Crippen molar-refractivity contribution in [1.82, 2.24) is 0 Å². The van der Waals surface area contributed by atoms with Crippen LogP contribution in [0.15, 0.2) is 23.8 Å². The number of carbonyl (C=O) groups is 1. The summed E-state index contributed by atoms with van der Waals surface area (Å²) in [7, 11) is 0. The Balaban J connectivity index is 2.48. The second kappa shape index (κ2) is 3.53. The molecule has 0 atom stereocenters. The van der Waals surface area contributed by atoms with Gasteiger partial charge in [-0.25, -0.2) is 0 Å². The monoisotopic (exact) mass is 205 g/mol. The summed E-state index contributed by atoms with van der Waals surface area (Å²) in [4.78, 5) is 20.5. The number of non-ortho nitro benzene ring substituents is 1. The Morgan fingerprint density at radius 1 is 1.47 bits per heavy atom. The minimum absolute atomic E-state index is 0.0132. The summed E-state index contributed by atoms with van der Waals surface area (Å²) in [6, 6.07) is 4.29. The molecule has 1 aromatic carbocycles. The van der Waals surface area contributed by atoms with Crippen molar-refractivity contribution in [2.45, 2.75) is 0 Å². The molecule has 0 saturated heterocycles. The number of benzene rings is 1. The number of aldehydes is 1. The minimum Gasteiger partial charge on any atom is -0.488 e.